The van der Waals surface area contributed by atoms with E-state index in [0.29, 0.717) is 17.0 Å². The molecule has 0 saturated heterocycles. The van der Waals surface area contributed by atoms with Crippen LogP contribution in [0.15, 0.2) is 42.5 Å². The zero-order chi connectivity index (χ0) is 13.8. The molecule has 0 aliphatic carbocycles. The molecule has 0 heterocycles. The summed E-state index contributed by atoms with van der Waals surface area (Å²) in [7, 11) is 0. The second-order valence-corrected chi connectivity index (χ2v) is 4.78. The minimum Gasteiger partial charge on any atom is -0.396 e. The molecule has 19 heavy (non-hydrogen) atoms. The third kappa shape index (κ3) is 3.52. The molecule has 2 aromatic rings. The Balaban J connectivity index is 2.23. The van der Waals surface area contributed by atoms with Crippen LogP contribution in [0.5, 0.6) is 0 Å². The molecule has 0 bridgehead atoms. The molecule has 1 N–H and O–H groups in total. The van der Waals surface area contributed by atoms with Gasteiger partial charge in [-0.05, 0) is 47.9 Å². The number of hydrogen-bond donors (Lipinski definition) is 1. The van der Waals surface area contributed by atoms with Gasteiger partial charge < -0.3 is 5.11 Å². The van der Waals surface area contributed by atoms with Gasteiger partial charge in [0.15, 0.2) is 0 Å². The van der Waals surface area contributed by atoms with Crippen molar-refractivity contribution in [2.24, 2.45) is 0 Å². The van der Waals surface area contributed by atoms with E-state index in [-0.39, 0.29) is 24.2 Å². The maximum atomic E-state index is 13.2. The van der Waals surface area contributed by atoms with Gasteiger partial charge in [-0.3, -0.25) is 0 Å². The minimum atomic E-state index is -0.366. The predicted molar refractivity (Wildman–Crippen MR) is 71.3 cm³/mol. The topological polar surface area (TPSA) is 20.2 Å². The van der Waals surface area contributed by atoms with E-state index in [2.05, 4.69) is 0 Å². The number of aliphatic hydroxyl groups is 1. The molecular weight excluding hydrogens is 270 g/mol. The van der Waals surface area contributed by atoms with Crippen molar-refractivity contribution in [3.63, 3.8) is 0 Å². The number of rotatable bonds is 4. The highest BCUT2D eigenvalue weighted by Crippen LogP contribution is 2.25. The molecule has 1 atom stereocenters. The Morgan fingerprint density at radius 2 is 1.63 bits per heavy atom. The van der Waals surface area contributed by atoms with Gasteiger partial charge in [0.1, 0.15) is 11.6 Å². The summed E-state index contributed by atoms with van der Waals surface area (Å²) in [6, 6.07) is 10.0. The van der Waals surface area contributed by atoms with E-state index < -0.39 is 0 Å². The molecule has 2 aromatic carbocycles. The van der Waals surface area contributed by atoms with Crippen LogP contribution in [0.25, 0.3) is 0 Å². The summed E-state index contributed by atoms with van der Waals surface area (Å²) in [5, 5.41) is 9.90. The first-order chi connectivity index (χ1) is 9.10. The van der Waals surface area contributed by atoms with Gasteiger partial charge in [0.2, 0.25) is 0 Å². The zero-order valence-corrected chi connectivity index (χ0v) is 10.9. The van der Waals surface area contributed by atoms with E-state index in [1.807, 2.05) is 0 Å². The Kier molecular flexibility index (Phi) is 4.51. The first-order valence-electron chi connectivity index (χ1n) is 5.90. The number of benzene rings is 2. The predicted octanol–water partition coefficient (Wildman–Crippen LogP) is 3.94. The van der Waals surface area contributed by atoms with Gasteiger partial charge in [0, 0.05) is 10.9 Å². The molecule has 0 aliphatic heterocycles. The highest BCUT2D eigenvalue weighted by atomic mass is 35.5. The smallest absolute Gasteiger partial charge is 0.123 e. The third-order valence-corrected chi connectivity index (χ3v) is 3.40. The molecule has 4 heteroatoms. The van der Waals surface area contributed by atoms with Gasteiger partial charge in [0.05, 0.1) is 6.61 Å². The highest BCUT2D eigenvalue weighted by Gasteiger charge is 2.14. The van der Waals surface area contributed by atoms with Gasteiger partial charge in [-0.25, -0.2) is 8.78 Å². The van der Waals surface area contributed by atoms with Crippen molar-refractivity contribution >= 4 is 11.6 Å². The van der Waals surface area contributed by atoms with Crippen LogP contribution in [0.1, 0.15) is 17.0 Å². The van der Waals surface area contributed by atoms with Crippen LogP contribution < -0.4 is 0 Å². The number of hydrogen-bond acceptors (Lipinski definition) is 1. The van der Waals surface area contributed by atoms with Crippen LogP contribution in [-0.4, -0.2) is 11.7 Å². The van der Waals surface area contributed by atoms with Gasteiger partial charge >= 0.3 is 0 Å². The monoisotopic (exact) mass is 282 g/mol. The van der Waals surface area contributed by atoms with E-state index in [4.69, 9.17) is 11.6 Å². The minimum absolute atomic E-state index is 0.113. The molecule has 0 saturated carbocycles. The van der Waals surface area contributed by atoms with Crippen molar-refractivity contribution in [3.8, 4) is 0 Å². The lowest BCUT2D eigenvalue weighted by Gasteiger charge is -2.15. The summed E-state index contributed by atoms with van der Waals surface area (Å²) < 4.78 is 26.1. The van der Waals surface area contributed by atoms with Crippen LogP contribution in [0, 0.1) is 11.6 Å². The molecule has 2 rings (SSSR count). The first kappa shape index (κ1) is 14.0. The van der Waals surface area contributed by atoms with Crippen molar-refractivity contribution in [2.75, 3.05) is 6.61 Å². The first-order valence-corrected chi connectivity index (χ1v) is 6.28. The SMILES string of the molecule is OCC(Cc1cc(F)ccc1Cl)c1ccc(F)cc1. The van der Waals surface area contributed by atoms with Crippen LogP contribution in [0.2, 0.25) is 5.02 Å². The summed E-state index contributed by atoms with van der Waals surface area (Å²) in [6.07, 6.45) is 0.402. The number of aliphatic hydroxyl groups excluding tert-OH is 1. The molecule has 0 spiro atoms. The quantitative estimate of drug-likeness (QED) is 0.901. The van der Waals surface area contributed by atoms with Crippen LogP contribution in [-0.2, 0) is 6.42 Å². The maximum Gasteiger partial charge on any atom is 0.123 e. The molecule has 0 amide bonds. The van der Waals surface area contributed by atoms with E-state index in [1.165, 1.54) is 30.3 Å². The molecule has 100 valence electrons. The average Bonchev–Trinajstić information content (AvgIpc) is 2.41. The molecular formula is C15H13ClF2O. The lowest BCUT2D eigenvalue weighted by molar-refractivity contribution is 0.264. The van der Waals surface area contributed by atoms with E-state index in [9.17, 15) is 13.9 Å². The fraction of sp³-hybridized carbons (Fsp3) is 0.200. The molecule has 0 aliphatic rings. The Hall–Kier alpha value is -1.45. The average molecular weight is 283 g/mol. The Labute approximate surface area is 115 Å². The molecule has 0 aromatic heterocycles. The Morgan fingerprint density at radius 3 is 2.26 bits per heavy atom. The maximum absolute atomic E-state index is 13.2. The lowest BCUT2D eigenvalue weighted by Crippen LogP contribution is -2.08. The van der Waals surface area contributed by atoms with Gasteiger partial charge in [-0.15, -0.1) is 0 Å². The van der Waals surface area contributed by atoms with E-state index >= 15 is 0 Å². The lowest BCUT2D eigenvalue weighted by atomic mass is 9.92. The zero-order valence-electron chi connectivity index (χ0n) is 10.1. The van der Waals surface area contributed by atoms with Crippen molar-refractivity contribution in [3.05, 3.63) is 70.2 Å². The van der Waals surface area contributed by atoms with E-state index in [1.54, 1.807) is 12.1 Å². The van der Waals surface area contributed by atoms with Gasteiger partial charge in [-0.1, -0.05) is 23.7 Å². The highest BCUT2D eigenvalue weighted by molar-refractivity contribution is 6.31. The van der Waals surface area contributed by atoms with Crippen molar-refractivity contribution in [2.45, 2.75) is 12.3 Å². The Morgan fingerprint density at radius 1 is 1.00 bits per heavy atom. The largest absolute Gasteiger partial charge is 0.396 e. The third-order valence-electron chi connectivity index (χ3n) is 3.04. The molecule has 1 unspecified atom stereocenters. The number of halogens is 3. The summed E-state index contributed by atoms with van der Waals surface area (Å²) in [5.74, 6) is -0.931. The fourth-order valence-corrected chi connectivity index (χ4v) is 2.18. The van der Waals surface area contributed by atoms with Crippen LogP contribution in [0.3, 0.4) is 0 Å². The molecule has 0 radical (unpaired) electrons. The summed E-state index contributed by atoms with van der Waals surface area (Å²) in [5.41, 5.74) is 1.43. The van der Waals surface area contributed by atoms with Crippen molar-refractivity contribution < 1.29 is 13.9 Å². The van der Waals surface area contributed by atoms with Crippen LogP contribution >= 0.6 is 11.6 Å². The summed E-state index contributed by atoms with van der Waals surface area (Å²) >= 11 is 6.00. The second-order valence-electron chi connectivity index (χ2n) is 4.37. The molecule has 1 nitrogen and oxygen atoms in total. The summed E-state index contributed by atoms with van der Waals surface area (Å²) in [4.78, 5) is 0. The van der Waals surface area contributed by atoms with Gasteiger partial charge in [-0.2, -0.15) is 0 Å². The molecule has 0 fully saturated rings. The summed E-state index contributed by atoms with van der Waals surface area (Å²) in [6.45, 7) is -0.113. The van der Waals surface area contributed by atoms with Gasteiger partial charge in [0.25, 0.3) is 0 Å². The second kappa shape index (κ2) is 6.13. The normalized spacial score (nSPS) is 12.4. The fourth-order valence-electron chi connectivity index (χ4n) is 1.99. The van der Waals surface area contributed by atoms with Crippen LogP contribution in [0.4, 0.5) is 8.78 Å². The van der Waals surface area contributed by atoms with Crippen molar-refractivity contribution in [1.29, 1.82) is 0 Å². The van der Waals surface area contributed by atoms with E-state index in [0.717, 1.165) is 5.56 Å². The Bertz CT molecular complexity index is 555. The van der Waals surface area contributed by atoms with Crippen molar-refractivity contribution in [1.82, 2.24) is 0 Å². The standard InChI is InChI=1S/C15H13ClF2O/c16-15-6-5-14(18)8-11(15)7-12(9-19)10-1-3-13(17)4-2-10/h1-6,8,12,19H,7,9H2.